The predicted octanol–water partition coefficient (Wildman–Crippen LogP) is 2.16. The minimum absolute atomic E-state index is 0.0643. The lowest BCUT2D eigenvalue weighted by Gasteiger charge is -2.20. The Labute approximate surface area is 93.6 Å². The molecule has 1 aliphatic rings. The van der Waals surface area contributed by atoms with E-state index in [1.165, 1.54) is 0 Å². The van der Waals surface area contributed by atoms with E-state index in [1.54, 1.807) is 23.1 Å². The highest BCUT2D eigenvalue weighted by Crippen LogP contribution is 2.20. The quantitative estimate of drug-likeness (QED) is 0.733. The van der Waals surface area contributed by atoms with E-state index >= 15 is 0 Å². The number of amides is 1. The van der Waals surface area contributed by atoms with Gasteiger partial charge in [0.05, 0.1) is 17.2 Å². The third-order valence-electron chi connectivity index (χ3n) is 2.50. The van der Waals surface area contributed by atoms with E-state index in [4.69, 9.17) is 16.3 Å². The molecule has 1 aromatic rings. The van der Waals surface area contributed by atoms with Crippen LogP contribution in [0.2, 0.25) is 5.02 Å². The van der Waals surface area contributed by atoms with Crippen molar-refractivity contribution in [2.75, 3.05) is 13.2 Å². The van der Waals surface area contributed by atoms with Crippen LogP contribution >= 0.6 is 11.6 Å². The highest BCUT2D eigenvalue weighted by molar-refractivity contribution is 6.33. The number of hydrogen-bond acceptors (Lipinski definition) is 2. The average Bonchev–Trinajstić information content (AvgIpc) is 2.64. The second-order valence-corrected chi connectivity index (χ2v) is 3.86. The molecule has 0 spiro atoms. The lowest BCUT2D eigenvalue weighted by atomic mass is 10.2. The Morgan fingerprint density at radius 1 is 1.53 bits per heavy atom. The zero-order valence-corrected chi connectivity index (χ0v) is 9.20. The van der Waals surface area contributed by atoms with E-state index in [0.29, 0.717) is 23.7 Å². The van der Waals surface area contributed by atoms with Crippen molar-refractivity contribution in [2.45, 2.75) is 13.2 Å². The van der Waals surface area contributed by atoms with E-state index in [0.717, 1.165) is 0 Å². The first-order valence-electron chi connectivity index (χ1n) is 4.87. The minimum Gasteiger partial charge on any atom is -0.357 e. The highest BCUT2D eigenvalue weighted by Gasteiger charge is 2.27. The van der Waals surface area contributed by atoms with Gasteiger partial charge in [0, 0.05) is 6.54 Å². The number of rotatable bonds is 1. The minimum atomic E-state index is -0.159. The molecule has 0 radical (unpaired) electrons. The largest absolute Gasteiger partial charge is 0.357 e. The van der Waals surface area contributed by atoms with Gasteiger partial charge in [0.1, 0.15) is 6.23 Å². The van der Waals surface area contributed by atoms with Gasteiger partial charge in [0.15, 0.2) is 0 Å². The van der Waals surface area contributed by atoms with Gasteiger partial charge >= 0.3 is 0 Å². The molecule has 1 saturated heterocycles. The van der Waals surface area contributed by atoms with Crippen molar-refractivity contribution in [2.24, 2.45) is 0 Å². The smallest absolute Gasteiger partial charge is 0.257 e. The van der Waals surface area contributed by atoms with Crippen LogP contribution in [0.5, 0.6) is 0 Å². The van der Waals surface area contributed by atoms with Crippen LogP contribution < -0.4 is 0 Å². The fourth-order valence-corrected chi connectivity index (χ4v) is 1.87. The van der Waals surface area contributed by atoms with E-state index < -0.39 is 0 Å². The standard InChI is InChI=1S/C11H12ClNO2/c1-8-13(6-7-15-8)11(14)9-4-2-3-5-10(9)12/h2-5,8H,6-7H2,1H3. The van der Waals surface area contributed by atoms with Gasteiger partial charge in [-0.25, -0.2) is 0 Å². The molecule has 15 heavy (non-hydrogen) atoms. The Kier molecular flexibility index (Phi) is 2.93. The van der Waals surface area contributed by atoms with Crippen molar-refractivity contribution >= 4 is 17.5 Å². The highest BCUT2D eigenvalue weighted by atomic mass is 35.5. The molecule has 1 aromatic carbocycles. The zero-order chi connectivity index (χ0) is 10.8. The molecule has 0 aromatic heterocycles. The number of benzene rings is 1. The maximum absolute atomic E-state index is 12.0. The summed E-state index contributed by atoms with van der Waals surface area (Å²) in [6.45, 7) is 3.09. The first-order chi connectivity index (χ1) is 7.20. The number of carbonyl (C=O) groups is 1. The van der Waals surface area contributed by atoms with Crippen molar-refractivity contribution in [1.29, 1.82) is 0 Å². The summed E-state index contributed by atoms with van der Waals surface area (Å²) in [6.07, 6.45) is -0.159. The van der Waals surface area contributed by atoms with Crippen LogP contribution in [0.3, 0.4) is 0 Å². The van der Waals surface area contributed by atoms with E-state index in [9.17, 15) is 4.79 Å². The summed E-state index contributed by atoms with van der Waals surface area (Å²) in [5.41, 5.74) is 0.538. The molecule has 4 heteroatoms. The van der Waals surface area contributed by atoms with Gasteiger partial charge in [0.2, 0.25) is 0 Å². The molecular weight excluding hydrogens is 214 g/mol. The Hall–Kier alpha value is -1.06. The zero-order valence-electron chi connectivity index (χ0n) is 8.44. The molecule has 0 bridgehead atoms. The van der Waals surface area contributed by atoms with Crippen molar-refractivity contribution in [3.63, 3.8) is 0 Å². The van der Waals surface area contributed by atoms with Crippen molar-refractivity contribution in [1.82, 2.24) is 4.90 Å². The van der Waals surface area contributed by atoms with Gasteiger partial charge in [-0.15, -0.1) is 0 Å². The Bertz CT molecular complexity index is 381. The predicted molar refractivity (Wildman–Crippen MR) is 57.9 cm³/mol. The van der Waals surface area contributed by atoms with E-state index in [1.807, 2.05) is 13.0 Å². The number of carbonyl (C=O) groups excluding carboxylic acids is 1. The monoisotopic (exact) mass is 225 g/mol. The van der Waals surface area contributed by atoms with E-state index in [2.05, 4.69) is 0 Å². The third-order valence-corrected chi connectivity index (χ3v) is 2.82. The molecule has 80 valence electrons. The Morgan fingerprint density at radius 2 is 2.27 bits per heavy atom. The van der Waals surface area contributed by atoms with Crippen LogP contribution in [0.4, 0.5) is 0 Å². The Morgan fingerprint density at radius 3 is 2.87 bits per heavy atom. The van der Waals surface area contributed by atoms with Crippen LogP contribution in [0, 0.1) is 0 Å². The SMILES string of the molecule is CC1OCCN1C(=O)c1ccccc1Cl. The van der Waals surface area contributed by atoms with Crippen molar-refractivity contribution in [3.8, 4) is 0 Å². The lowest BCUT2D eigenvalue weighted by molar-refractivity contribution is 0.0378. The van der Waals surface area contributed by atoms with Crippen LogP contribution in [0.15, 0.2) is 24.3 Å². The molecule has 1 aliphatic heterocycles. The normalized spacial score (nSPS) is 20.7. The summed E-state index contributed by atoms with van der Waals surface area (Å²) in [5.74, 6) is -0.0643. The van der Waals surface area contributed by atoms with Gasteiger partial charge in [-0.2, -0.15) is 0 Å². The third kappa shape index (κ3) is 1.98. The van der Waals surface area contributed by atoms with Crippen LogP contribution in [0.25, 0.3) is 0 Å². The summed E-state index contributed by atoms with van der Waals surface area (Å²) in [7, 11) is 0. The first-order valence-corrected chi connectivity index (χ1v) is 5.25. The number of ether oxygens (including phenoxy) is 1. The average molecular weight is 226 g/mol. The maximum atomic E-state index is 12.0. The maximum Gasteiger partial charge on any atom is 0.257 e. The van der Waals surface area contributed by atoms with Crippen LogP contribution in [-0.2, 0) is 4.74 Å². The molecule has 0 saturated carbocycles. The summed E-state index contributed by atoms with van der Waals surface area (Å²) in [5, 5.41) is 0.488. The molecule has 0 N–H and O–H groups in total. The van der Waals surface area contributed by atoms with Gasteiger partial charge in [-0.1, -0.05) is 23.7 Å². The molecule has 2 rings (SSSR count). The number of halogens is 1. The molecule has 0 aliphatic carbocycles. The molecule has 1 amide bonds. The van der Waals surface area contributed by atoms with Crippen molar-refractivity contribution in [3.05, 3.63) is 34.9 Å². The molecule has 1 unspecified atom stereocenters. The summed E-state index contributed by atoms with van der Waals surface area (Å²) in [4.78, 5) is 13.7. The second kappa shape index (κ2) is 4.21. The first kappa shape index (κ1) is 10.5. The number of nitrogens with zero attached hydrogens (tertiary/aromatic N) is 1. The van der Waals surface area contributed by atoms with Crippen LogP contribution in [0.1, 0.15) is 17.3 Å². The second-order valence-electron chi connectivity index (χ2n) is 3.45. The van der Waals surface area contributed by atoms with Gasteiger partial charge < -0.3 is 9.64 Å². The van der Waals surface area contributed by atoms with Gasteiger partial charge in [-0.3, -0.25) is 4.79 Å². The number of hydrogen-bond donors (Lipinski definition) is 0. The molecule has 1 fully saturated rings. The topological polar surface area (TPSA) is 29.5 Å². The Balaban J connectivity index is 2.24. The lowest BCUT2D eigenvalue weighted by Crippen LogP contribution is -2.34. The summed E-state index contributed by atoms with van der Waals surface area (Å²) in [6, 6.07) is 7.07. The summed E-state index contributed by atoms with van der Waals surface area (Å²) < 4.78 is 5.31. The van der Waals surface area contributed by atoms with Gasteiger partial charge in [-0.05, 0) is 19.1 Å². The molecule has 3 nitrogen and oxygen atoms in total. The molecule has 1 atom stereocenters. The fourth-order valence-electron chi connectivity index (χ4n) is 1.65. The van der Waals surface area contributed by atoms with E-state index in [-0.39, 0.29) is 12.1 Å². The van der Waals surface area contributed by atoms with Gasteiger partial charge in [0.25, 0.3) is 5.91 Å². The van der Waals surface area contributed by atoms with Crippen molar-refractivity contribution < 1.29 is 9.53 Å². The fraction of sp³-hybridized carbons (Fsp3) is 0.364. The van der Waals surface area contributed by atoms with Crippen LogP contribution in [-0.4, -0.2) is 30.2 Å². The molecule has 1 heterocycles. The molecular formula is C11H12ClNO2. The summed E-state index contributed by atoms with van der Waals surface area (Å²) >= 11 is 5.96.